The number of thioether (sulfide) groups is 1. The van der Waals surface area contributed by atoms with Crippen LogP contribution in [0.1, 0.15) is 114 Å². The standard InChI is InChI=1S/C32H30F2N6O4.C32H31F2N5O5S.C32H31F2N5O3S/c1-6-23(42)38-13-17(5)39-21(14-38)31(43)36-28-25-20(12-18(26(28)34)24-19(33)8-7-9-22(24)41)40(32(44)37-30(25)39)29-16(4)10-11-35-27(29)15(2)3;1-6-24(41)37-13-18(5)38-19(14-37)15-45(43,44)30-26-22(12-20(27(30)34)25-21(33)8-7-9-23(25)40)39(32(42)36-31(26)38)29-17(4)10-11-35-28(29)16(2)3;1-6-24(41)37-13-18(5)38-19(14-37)15-43-30-26-22(12-20(27(30)34)25-21(33)8-7-9-23(25)40)39(32(42)36-31(26)38)29-17(4)10-11-35-28(29)16(2)3/h6-12,15,17,21,41H,1,13-14H2,2-5H3,(H,36,43);6-12,16,18-19,40H,1,13-15H2,2-5H3;6-12,16,18-19,40H,1,13-15H2,2-5H3. The number of aromatic hydroxyl groups is 3. The highest BCUT2D eigenvalue weighted by Gasteiger charge is 2.48. The number of pyridine rings is 3. The van der Waals surface area contributed by atoms with Crippen molar-refractivity contribution < 1.29 is 69.3 Å². The number of anilines is 4. The molecule has 36 heteroatoms. The molecule has 3 saturated heterocycles. The third kappa shape index (κ3) is 15.4. The fraction of sp³-hybridized carbons (Fsp3) is 0.302. The third-order valence-corrected chi connectivity index (χ3v) is 28.0. The van der Waals surface area contributed by atoms with E-state index in [9.17, 15) is 57.3 Å². The van der Waals surface area contributed by atoms with Crippen molar-refractivity contribution in [1.82, 2.24) is 58.3 Å². The van der Waals surface area contributed by atoms with Crippen LogP contribution in [0.15, 0.2) is 172 Å². The summed E-state index contributed by atoms with van der Waals surface area (Å²) in [6, 6.07) is 16.4. The molecular formula is C96H92F6N16O12S2. The second-order valence-corrected chi connectivity index (χ2v) is 37.6. The average molecular weight is 1840 g/mol. The second kappa shape index (κ2) is 35.0. The van der Waals surface area contributed by atoms with Crippen LogP contribution in [0, 0.1) is 55.7 Å². The fourth-order valence-electron chi connectivity index (χ4n) is 19.2. The van der Waals surface area contributed by atoms with Crippen molar-refractivity contribution in [3.05, 3.63) is 248 Å². The smallest absolute Gasteiger partial charge is 0.354 e. The molecule has 6 aromatic heterocycles. The Morgan fingerprint density at radius 2 is 0.833 bits per heavy atom. The average Bonchev–Trinajstić information content (AvgIpc) is 1.44. The lowest BCUT2D eigenvalue weighted by atomic mass is 9.98. The van der Waals surface area contributed by atoms with Crippen molar-refractivity contribution in [3.8, 4) is 67.7 Å². The Bertz CT molecular complexity index is 7210. The molecule has 0 bridgehead atoms. The van der Waals surface area contributed by atoms with Gasteiger partial charge in [0.15, 0.2) is 21.5 Å². The van der Waals surface area contributed by atoms with Gasteiger partial charge in [0.25, 0.3) is 0 Å². The molecule has 4 amide bonds. The first-order valence-electron chi connectivity index (χ1n) is 42.7. The molecule has 18 rings (SSSR count). The van der Waals surface area contributed by atoms with Gasteiger partial charge in [-0.25, -0.2) is 49.1 Å². The number of benzene rings is 6. The predicted octanol–water partition coefficient (Wildman–Crippen LogP) is 14.2. The molecule has 682 valence electrons. The summed E-state index contributed by atoms with van der Waals surface area (Å²) in [5, 5.41) is 35.0. The van der Waals surface area contributed by atoms with Gasteiger partial charge in [-0.3, -0.25) is 47.8 Å². The molecular weight excluding hydrogens is 1750 g/mol. The molecule has 4 N–H and O–H groups in total. The second-order valence-electron chi connectivity index (χ2n) is 34.6. The molecule has 0 radical (unpaired) electrons. The van der Waals surface area contributed by atoms with E-state index in [-0.39, 0.29) is 129 Å². The molecule has 0 spiro atoms. The number of fused-ring (bicyclic) bond motifs is 6. The Morgan fingerprint density at radius 3 is 1.24 bits per heavy atom. The number of hydrogen-bond donors (Lipinski definition) is 4. The van der Waals surface area contributed by atoms with Crippen LogP contribution in [0.3, 0.4) is 0 Å². The van der Waals surface area contributed by atoms with E-state index in [1.165, 1.54) is 89.9 Å². The van der Waals surface area contributed by atoms with Gasteiger partial charge in [-0.2, -0.15) is 15.0 Å². The number of nitrogens with one attached hydrogen (secondary N) is 1. The van der Waals surface area contributed by atoms with Crippen LogP contribution in [0.2, 0.25) is 0 Å². The predicted molar refractivity (Wildman–Crippen MR) is 492 cm³/mol. The number of carbonyl (C=O) groups is 4. The Morgan fingerprint density at radius 1 is 0.477 bits per heavy atom. The maximum atomic E-state index is 16.8. The highest BCUT2D eigenvalue weighted by molar-refractivity contribution is 7.99. The number of carbonyl (C=O) groups excluding carboxylic acids is 4. The Hall–Kier alpha value is -14.0. The van der Waals surface area contributed by atoms with Crippen LogP contribution in [-0.4, -0.2) is 193 Å². The number of sulfone groups is 1. The Kier molecular flexibility index (Phi) is 24.2. The summed E-state index contributed by atoms with van der Waals surface area (Å²) in [7, 11) is -4.53. The normalized spacial score (nSPS) is 18.3. The zero-order valence-electron chi connectivity index (χ0n) is 73.9. The van der Waals surface area contributed by atoms with E-state index < -0.39 is 142 Å². The molecule has 28 nitrogen and oxygen atoms in total. The molecule has 6 unspecified atom stereocenters. The Labute approximate surface area is 757 Å². The number of rotatable bonds is 12. The lowest BCUT2D eigenvalue weighted by Crippen LogP contribution is -2.62. The van der Waals surface area contributed by atoms with E-state index in [1.54, 1.807) is 79.2 Å². The number of amides is 4. The maximum Gasteiger partial charge on any atom is 0.354 e. The van der Waals surface area contributed by atoms with Gasteiger partial charge in [0.2, 0.25) is 23.6 Å². The summed E-state index contributed by atoms with van der Waals surface area (Å²) in [6.07, 6.45) is 8.45. The third-order valence-electron chi connectivity index (χ3n) is 24.9. The van der Waals surface area contributed by atoms with Gasteiger partial charge in [-0.1, -0.05) is 79.5 Å². The number of nitrogens with zero attached hydrogens (tertiary/aromatic N) is 15. The largest absolute Gasteiger partial charge is 0.507 e. The van der Waals surface area contributed by atoms with Crippen molar-refractivity contribution >= 4 is 101 Å². The molecule has 6 aliphatic heterocycles. The minimum atomic E-state index is -4.53. The van der Waals surface area contributed by atoms with Crippen LogP contribution in [0.5, 0.6) is 17.2 Å². The lowest BCUT2D eigenvalue weighted by Gasteiger charge is -2.45. The number of phenols is 3. The van der Waals surface area contributed by atoms with E-state index in [2.05, 4.69) is 55.0 Å². The van der Waals surface area contributed by atoms with Gasteiger partial charge in [-0.15, -0.1) is 11.8 Å². The van der Waals surface area contributed by atoms with E-state index in [0.29, 0.717) is 80.8 Å². The summed E-state index contributed by atoms with van der Waals surface area (Å²) in [4.78, 5) is 130. The van der Waals surface area contributed by atoms with Crippen LogP contribution in [0.25, 0.3) is 83.2 Å². The van der Waals surface area contributed by atoms with Gasteiger partial charge in [0, 0.05) is 91.9 Å². The van der Waals surface area contributed by atoms with E-state index in [1.807, 2.05) is 60.3 Å². The lowest BCUT2D eigenvalue weighted by molar-refractivity contribution is -0.129. The molecule has 6 aliphatic rings. The van der Waals surface area contributed by atoms with Gasteiger partial charge < -0.3 is 50.0 Å². The number of piperazine rings is 3. The van der Waals surface area contributed by atoms with Gasteiger partial charge in [0.1, 0.15) is 68.9 Å². The van der Waals surface area contributed by atoms with Crippen molar-refractivity contribution in [3.63, 3.8) is 0 Å². The summed E-state index contributed by atoms with van der Waals surface area (Å²) >= 11 is 1.23. The zero-order valence-corrected chi connectivity index (χ0v) is 75.5. The minimum absolute atomic E-state index is 0.0434. The SMILES string of the molecule is C=CC(=O)N1CC(C)N2c3nc(=O)n(-c4c(C)ccnc4C(C)C)c4cc(-c5c(O)cccc5F)c(F)c(c34)NC(=O)C2C1.C=CC(=O)N1CC(C)N2c3nc(=O)n(-c4c(C)ccnc4C(C)C)c4cc(-c5c(O)cccc5F)c(F)c(c34)S(=O)(=O)CC2C1.C=CC(=O)N1CC(C)N2c3nc(=O)n(-c4c(C)ccnc4C(C)C)c4cc(-c5c(O)cccc5F)c(F)c(c34)SCC2C1. The molecule has 6 aromatic carbocycles. The molecule has 132 heavy (non-hydrogen) atoms. The van der Waals surface area contributed by atoms with Gasteiger partial charge >= 0.3 is 17.1 Å². The molecule has 12 aromatic rings. The zero-order chi connectivity index (χ0) is 94.9. The number of aromatic nitrogens is 9. The number of halogens is 6. The summed E-state index contributed by atoms with van der Waals surface area (Å²) in [5.74, 6) is -9.19. The summed E-state index contributed by atoms with van der Waals surface area (Å²) in [5.41, 5.74) is 0.754. The first kappa shape index (κ1) is 91.3. The van der Waals surface area contributed by atoms with E-state index >= 15 is 26.3 Å². The minimum Gasteiger partial charge on any atom is -0.507 e. The number of aryl methyl sites for hydroxylation is 3. The fourth-order valence-corrected chi connectivity index (χ4v) is 22.2. The molecule has 3 fully saturated rings. The van der Waals surface area contributed by atoms with Crippen molar-refractivity contribution in [2.75, 3.05) is 70.8 Å². The monoisotopic (exact) mass is 1840 g/mol. The maximum absolute atomic E-state index is 16.8. The summed E-state index contributed by atoms with van der Waals surface area (Å²) < 4.78 is 128. The van der Waals surface area contributed by atoms with Crippen LogP contribution < -0.4 is 37.1 Å². The van der Waals surface area contributed by atoms with Crippen LogP contribution in [0.4, 0.5) is 49.5 Å². The van der Waals surface area contributed by atoms with Crippen LogP contribution in [-0.2, 0) is 29.0 Å². The van der Waals surface area contributed by atoms with Crippen molar-refractivity contribution in [1.29, 1.82) is 0 Å². The molecule has 0 saturated carbocycles. The first-order valence-corrected chi connectivity index (χ1v) is 45.3. The topological polar surface area (TPSA) is 338 Å². The van der Waals surface area contributed by atoms with E-state index in [4.69, 9.17) is 0 Å². The van der Waals surface area contributed by atoms with Gasteiger partial charge in [0.05, 0.1) is 119 Å². The first-order chi connectivity index (χ1) is 62.7. The van der Waals surface area contributed by atoms with E-state index in [0.717, 1.165) is 42.0 Å². The quantitative estimate of drug-likeness (QED) is 0.0652. The summed E-state index contributed by atoms with van der Waals surface area (Å²) in [6.45, 7) is 34.1. The molecule has 6 atom stereocenters. The van der Waals surface area contributed by atoms with Crippen molar-refractivity contribution in [2.24, 2.45) is 0 Å². The molecule has 12 heterocycles. The van der Waals surface area contributed by atoms with Crippen molar-refractivity contribution in [2.45, 2.75) is 147 Å². The highest BCUT2D eigenvalue weighted by Crippen LogP contribution is 2.51. The number of hydrogen-bond acceptors (Lipinski definition) is 22. The van der Waals surface area contributed by atoms with Crippen LogP contribution >= 0.6 is 11.8 Å². The number of phenolic OH excluding ortho intramolecular Hbond substituents is 3. The highest BCUT2D eigenvalue weighted by atomic mass is 32.2. The van der Waals surface area contributed by atoms with Gasteiger partial charge in [-0.05, 0) is 167 Å². The Balaban J connectivity index is 0.000000144. The molecule has 0 aliphatic carbocycles.